The molecule has 0 aromatic heterocycles. The predicted molar refractivity (Wildman–Crippen MR) is 135 cm³/mol. The first-order valence-corrected chi connectivity index (χ1v) is 11.7. The Kier molecular flexibility index (Phi) is 7.76. The van der Waals surface area contributed by atoms with Crippen LogP contribution in [0.4, 0.5) is 4.39 Å². The summed E-state index contributed by atoms with van der Waals surface area (Å²) >= 11 is 0. The molecule has 4 rings (SSSR count). The number of piperazine rings is 1. The highest BCUT2D eigenvalue weighted by Crippen LogP contribution is 2.20. The topological polar surface area (TPSA) is 32.8 Å². The normalized spacial score (nSPS) is 18.9. The SMILES string of the molecule is C[C@@H]1CN(C(=O)COc2ccc(/C=C/c3ccccc3)cc2)[C@@H](C)CN1Cc1ccc(F)cc1. The van der Waals surface area contributed by atoms with Crippen molar-refractivity contribution in [2.75, 3.05) is 19.7 Å². The van der Waals surface area contributed by atoms with E-state index in [1.807, 2.05) is 59.5 Å². The fraction of sp³-hybridized carbons (Fsp3) is 0.276. The van der Waals surface area contributed by atoms with E-state index in [0.29, 0.717) is 12.3 Å². The highest BCUT2D eigenvalue weighted by Gasteiger charge is 2.32. The summed E-state index contributed by atoms with van der Waals surface area (Å²) in [7, 11) is 0. The van der Waals surface area contributed by atoms with E-state index >= 15 is 0 Å². The van der Waals surface area contributed by atoms with Gasteiger partial charge in [0.2, 0.25) is 0 Å². The zero-order valence-corrected chi connectivity index (χ0v) is 19.7. The van der Waals surface area contributed by atoms with Gasteiger partial charge in [-0.25, -0.2) is 4.39 Å². The maximum absolute atomic E-state index is 13.2. The van der Waals surface area contributed by atoms with Crippen molar-refractivity contribution in [3.8, 4) is 5.75 Å². The van der Waals surface area contributed by atoms with Crippen LogP contribution in [-0.2, 0) is 11.3 Å². The minimum atomic E-state index is -0.223. The Morgan fingerprint density at radius 1 is 0.882 bits per heavy atom. The number of hydrogen-bond acceptors (Lipinski definition) is 3. The maximum Gasteiger partial charge on any atom is 0.260 e. The summed E-state index contributed by atoms with van der Waals surface area (Å²) in [5, 5.41) is 0. The van der Waals surface area contributed by atoms with E-state index in [9.17, 15) is 9.18 Å². The van der Waals surface area contributed by atoms with Crippen molar-refractivity contribution < 1.29 is 13.9 Å². The molecule has 0 saturated carbocycles. The van der Waals surface area contributed by atoms with E-state index in [4.69, 9.17) is 4.74 Å². The molecule has 0 unspecified atom stereocenters. The first kappa shape index (κ1) is 23.7. The first-order chi connectivity index (χ1) is 16.5. The van der Waals surface area contributed by atoms with Crippen LogP contribution in [0.15, 0.2) is 78.9 Å². The average Bonchev–Trinajstić information content (AvgIpc) is 2.86. The molecule has 176 valence electrons. The van der Waals surface area contributed by atoms with Crippen molar-refractivity contribution in [2.24, 2.45) is 0 Å². The van der Waals surface area contributed by atoms with Crippen molar-refractivity contribution in [2.45, 2.75) is 32.5 Å². The maximum atomic E-state index is 13.2. The van der Waals surface area contributed by atoms with Gasteiger partial charge < -0.3 is 9.64 Å². The van der Waals surface area contributed by atoms with Crippen LogP contribution in [0, 0.1) is 5.82 Å². The van der Waals surface area contributed by atoms with Crippen molar-refractivity contribution in [1.29, 1.82) is 0 Å². The summed E-state index contributed by atoms with van der Waals surface area (Å²) < 4.78 is 19.0. The molecule has 3 aromatic carbocycles. The van der Waals surface area contributed by atoms with E-state index in [0.717, 1.165) is 29.8 Å². The molecular weight excluding hydrogens is 427 g/mol. The summed E-state index contributed by atoms with van der Waals surface area (Å²) in [6.07, 6.45) is 4.12. The number of halogens is 1. The predicted octanol–water partition coefficient (Wildman–Crippen LogP) is 5.50. The van der Waals surface area contributed by atoms with Gasteiger partial charge in [0.25, 0.3) is 5.91 Å². The smallest absolute Gasteiger partial charge is 0.260 e. The molecular formula is C29H31FN2O2. The molecule has 0 N–H and O–H groups in total. The zero-order valence-electron chi connectivity index (χ0n) is 19.7. The minimum absolute atomic E-state index is 0.00571. The second kappa shape index (κ2) is 11.1. The number of ether oxygens (including phenoxy) is 1. The average molecular weight is 459 g/mol. The van der Waals surface area contributed by atoms with E-state index in [1.165, 1.54) is 12.1 Å². The lowest BCUT2D eigenvalue weighted by atomic mass is 10.1. The minimum Gasteiger partial charge on any atom is -0.484 e. The Morgan fingerprint density at radius 2 is 1.53 bits per heavy atom. The van der Waals surface area contributed by atoms with Gasteiger partial charge in [-0.3, -0.25) is 9.69 Å². The number of carbonyl (C=O) groups excluding carboxylic acids is 1. The third-order valence-corrected chi connectivity index (χ3v) is 6.24. The van der Waals surface area contributed by atoms with Crippen LogP contribution in [0.3, 0.4) is 0 Å². The fourth-order valence-corrected chi connectivity index (χ4v) is 4.25. The van der Waals surface area contributed by atoms with E-state index < -0.39 is 0 Å². The van der Waals surface area contributed by atoms with Crippen LogP contribution in [-0.4, -0.2) is 47.5 Å². The van der Waals surface area contributed by atoms with Gasteiger partial charge in [-0.05, 0) is 54.8 Å². The van der Waals surface area contributed by atoms with Crippen LogP contribution >= 0.6 is 0 Å². The molecule has 1 saturated heterocycles. The number of nitrogens with zero attached hydrogens (tertiary/aromatic N) is 2. The number of benzene rings is 3. The standard InChI is InChI=1S/C29H31FN2O2/c1-22-19-32(23(2)18-31(22)20-26-10-14-27(30)15-11-26)29(33)21-34-28-16-12-25(13-17-28)9-8-24-6-4-3-5-7-24/h3-17,22-23H,18-21H2,1-2H3/b9-8+/t22-,23+/m1/s1. The van der Waals surface area contributed by atoms with Gasteiger partial charge in [-0.15, -0.1) is 0 Å². The number of carbonyl (C=O) groups is 1. The Labute approximate surface area is 201 Å². The van der Waals surface area contributed by atoms with Crippen LogP contribution in [0.2, 0.25) is 0 Å². The van der Waals surface area contributed by atoms with Crippen LogP contribution in [0.5, 0.6) is 5.75 Å². The quantitative estimate of drug-likeness (QED) is 0.439. The molecule has 0 bridgehead atoms. The molecule has 1 heterocycles. The van der Waals surface area contributed by atoms with Gasteiger partial charge >= 0.3 is 0 Å². The Hall–Kier alpha value is -3.44. The molecule has 0 radical (unpaired) electrons. The molecule has 1 amide bonds. The Balaban J connectivity index is 1.27. The monoisotopic (exact) mass is 458 g/mol. The molecule has 5 heteroatoms. The summed E-state index contributed by atoms with van der Waals surface area (Å²) in [6.45, 7) is 6.37. The van der Waals surface area contributed by atoms with Crippen molar-refractivity contribution >= 4 is 18.1 Å². The largest absolute Gasteiger partial charge is 0.484 e. The summed E-state index contributed by atoms with van der Waals surface area (Å²) in [4.78, 5) is 17.1. The molecule has 1 aliphatic rings. The van der Waals surface area contributed by atoms with E-state index in [-0.39, 0.29) is 30.4 Å². The highest BCUT2D eigenvalue weighted by molar-refractivity contribution is 5.78. The van der Waals surface area contributed by atoms with E-state index in [2.05, 4.69) is 43.0 Å². The van der Waals surface area contributed by atoms with E-state index in [1.54, 1.807) is 0 Å². The highest BCUT2D eigenvalue weighted by atomic mass is 19.1. The van der Waals surface area contributed by atoms with Crippen LogP contribution < -0.4 is 4.74 Å². The first-order valence-electron chi connectivity index (χ1n) is 11.7. The van der Waals surface area contributed by atoms with Gasteiger partial charge in [0, 0.05) is 31.7 Å². The summed E-state index contributed by atoms with van der Waals surface area (Å²) in [5.41, 5.74) is 3.29. The molecule has 3 aromatic rings. The van der Waals surface area contributed by atoms with Gasteiger partial charge in [-0.1, -0.05) is 66.7 Å². The number of amides is 1. The van der Waals surface area contributed by atoms with Crippen molar-refractivity contribution in [3.63, 3.8) is 0 Å². The third kappa shape index (κ3) is 6.33. The lowest BCUT2D eigenvalue weighted by Gasteiger charge is -2.44. The third-order valence-electron chi connectivity index (χ3n) is 6.24. The summed E-state index contributed by atoms with van der Waals surface area (Å²) in [6, 6.07) is 24.8. The van der Waals surface area contributed by atoms with Gasteiger partial charge in [0.15, 0.2) is 6.61 Å². The summed E-state index contributed by atoms with van der Waals surface area (Å²) in [5.74, 6) is 0.452. The Morgan fingerprint density at radius 3 is 2.21 bits per heavy atom. The van der Waals surface area contributed by atoms with Crippen LogP contribution in [0.1, 0.15) is 30.5 Å². The lowest BCUT2D eigenvalue weighted by molar-refractivity contribution is -0.139. The molecule has 4 nitrogen and oxygen atoms in total. The molecule has 34 heavy (non-hydrogen) atoms. The second-order valence-electron chi connectivity index (χ2n) is 8.90. The Bertz CT molecular complexity index is 1100. The molecule has 0 spiro atoms. The zero-order chi connectivity index (χ0) is 23.9. The molecule has 1 fully saturated rings. The molecule has 2 atom stereocenters. The lowest BCUT2D eigenvalue weighted by Crippen LogP contribution is -2.58. The second-order valence-corrected chi connectivity index (χ2v) is 8.90. The molecule has 0 aliphatic carbocycles. The van der Waals surface area contributed by atoms with Crippen molar-refractivity contribution in [1.82, 2.24) is 9.80 Å². The number of rotatable bonds is 7. The fourth-order valence-electron chi connectivity index (χ4n) is 4.25. The van der Waals surface area contributed by atoms with Gasteiger partial charge in [0.1, 0.15) is 11.6 Å². The van der Waals surface area contributed by atoms with Gasteiger partial charge in [-0.2, -0.15) is 0 Å². The van der Waals surface area contributed by atoms with Crippen LogP contribution in [0.25, 0.3) is 12.2 Å². The van der Waals surface area contributed by atoms with Gasteiger partial charge in [0.05, 0.1) is 0 Å². The molecule has 1 aliphatic heterocycles. The number of hydrogen-bond donors (Lipinski definition) is 0. The van der Waals surface area contributed by atoms with Crippen molar-refractivity contribution in [3.05, 3.63) is 101 Å².